The number of aliphatic hydroxyl groups excluding tert-OH is 1. The van der Waals surface area contributed by atoms with Crippen LogP contribution in [0.25, 0.3) is 5.69 Å². The van der Waals surface area contributed by atoms with Gasteiger partial charge in [0.2, 0.25) is 0 Å². The Kier molecular flexibility index (Phi) is 7.22. The normalized spacial score (nSPS) is 13.4. The van der Waals surface area contributed by atoms with Crippen LogP contribution >= 0.6 is 11.6 Å². The lowest BCUT2D eigenvalue weighted by Gasteiger charge is -2.20. The highest BCUT2D eigenvalue weighted by Gasteiger charge is 2.39. The maximum Gasteiger partial charge on any atom is 0.425 e. The second-order valence-corrected chi connectivity index (χ2v) is 7.85. The number of benzene rings is 2. The first kappa shape index (κ1) is 26.2. The molecule has 0 radical (unpaired) electrons. The topological polar surface area (TPSA) is 98.4 Å². The van der Waals surface area contributed by atoms with E-state index < -0.39 is 64.3 Å². The summed E-state index contributed by atoms with van der Waals surface area (Å²) >= 11 is 5.86. The second-order valence-electron chi connectivity index (χ2n) is 7.44. The molecule has 0 aliphatic carbocycles. The Morgan fingerprint density at radius 2 is 1.86 bits per heavy atom. The van der Waals surface area contributed by atoms with Gasteiger partial charge in [0.05, 0.1) is 16.3 Å². The minimum atomic E-state index is -4.86. The molecule has 188 valence electrons. The van der Waals surface area contributed by atoms with Gasteiger partial charge in [0.1, 0.15) is 29.2 Å². The zero-order chi connectivity index (χ0) is 26.2. The summed E-state index contributed by atoms with van der Waals surface area (Å²) in [5.41, 5.74) is -2.80. The molecule has 3 aromatic rings. The predicted molar refractivity (Wildman–Crippen MR) is 115 cm³/mol. The number of ether oxygens (including phenoxy) is 1. The van der Waals surface area contributed by atoms with Crippen molar-refractivity contribution in [1.82, 2.24) is 14.3 Å². The van der Waals surface area contributed by atoms with Crippen molar-refractivity contribution >= 4 is 23.2 Å². The van der Waals surface area contributed by atoms with Crippen LogP contribution in [0.1, 0.15) is 36.1 Å². The fourth-order valence-electron chi connectivity index (χ4n) is 3.01. The average Bonchev–Trinajstić information content (AvgIpc) is 3.05. The van der Waals surface area contributed by atoms with Crippen molar-refractivity contribution in [3.05, 3.63) is 68.9 Å². The van der Waals surface area contributed by atoms with Gasteiger partial charge >= 0.3 is 11.9 Å². The molecule has 1 heterocycles. The van der Waals surface area contributed by atoms with Gasteiger partial charge in [-0.15, -0.1) is 5.10 Å². The van der Waals surface area contributed by atoms with Gasteiger partial charge in [-0.25, -0.2) is 13.6 Å². The van der Waals surface area contributed by atoms with Gasteiger partial charge in [0, 0.05) is 13.1 Å². The van der Waals surface area contributed by atoms with E-state index in [2.05, 4.69) is 10.4 Å². The minimum Gasteiger partial charge on any atom is -0.480 e. The van der Waals surface area contributed by atoms with Crippen LogP contribution in [0.5, 0.6) is 5.75 Å². The highest BCUT2D eigenvalue weighted by atomic mass is 35.5. The summed E-state index contributed by atoms with van der Waals surface area (Å²) in [6.45, 7) is 1.94. The molecule has 2 N–H and O–H groups in total. The Hall–Kier alpha value is -3.45. The lowest BCUT2D eigenvalue weighted by Crippen LogP contribution is -2.32. The summed E-state index contributed by atoms with van der Waals surface area (Å²) in [7, 11) is 1.24. The number of hydrogen-bond donors (Lipinski definition) is 2. The van der Waals surface area contributed by atoms with E-state index in [-0.39, 0.29) is 10.8 Å². The summed E-state index contributed by atoms with van der Waals surface area (Å²) in [4.78, 5) is 25.3. The number of carbonyl (C=O) groups excluding carboxylic acids is 1. The van der Waals surface area contributed by atoms with Gasteiger partial charge in [-0.05, 0) is 32.0 Å². The number of halogens is 6. The number of alkyl halides is 3. The number of hydrogen-bond acceptors (Lipinski definition) is 5. The van der Waals surface area contributed by atoms with E-state index in [1.54, 1.807) is 0 Å². The second kappa shape index (κ2) is 9.66. The summed E-state index contributed by atoms with van der Waals surface area (Å²) in [5.74, 6) is -4.34. The largest absolute Gasteiger partial charge is 0.480 e. The number of carbonyl (C=O) groups is 1. The number of aliphatic hydroxyl groups is 1. The van der Waals surface area contributed by atoms with Gasteiger partial charge in [0.15, 0.2) is 11.9 Å². The molecule has 0 spiro atoms. The van der Waals surface area contributed by atoms with E-state index >= 15 is 4.39 Å². The number of amides is 1. The Morgan fingerprint density at radius 3 is 2.40 bits per heavy atom. The molecule has 2 unspecified atom stereocenters. The summed E-state index contributed by atoms with van der Waals surface area (Å²) < 4.78 is 74.9. The van der Waals surface area contributed by atoms with E-state index in [4.69, 9.17) is 16.3 Å². The standard InChI is InChI=1S/C21H18ClF5N4O4/c1-9(32)18-29-31(20(34)30(18)3)15-8-16(35-10(2)21(25,26)27)11(7-14(15)24)19(33)28-17-12(22)5-4-6-13(17)23/h4-10,32H,1-3H3,(H,28,33). The number of aromatic nitrogens is 3. The van der Waals surface area contributed by atoms with Crippen molar-refractivity contribution in [3.63, 3.8) is 0 Å². The quantitative estimate of drug-likeness (QED) is 0.476. The Balaban J connectivity index is 2.16. The molecule has 2 atom stereocenters. The van der Waals surface area contributed by atoms with Crippen LogP contribution in [-0.2, 0) is 7.05 Å². The zero-order valence-corrected chi connectivity index (χ0v) is 19.1. The molecule has 14 heteroatoms. The first-order valence-electron chi connectivity index (χ1n) is 9.89. The molecule has 0 saturated carbocycles. The van der Waals surface area contributed by atoms with Crippen molar-refractivity contribution < 1.29 is 36.6 Å². The Labute approximate surface area is 199 Å². The van der Waals surface area contributed by atoms with Crippen LogP contribution in [0.3, 0.4) is 0 Å². The highest BCUT2D eigenvalue weighted by molar-refractivity contribution is 6.34. The molecule has 1 aromatic heterocycles. The van der Waals surface area contributed by atoms with Gasteiger partial charge in [-0.3, -0.25) is 9.36 Å². The number of rotatable bonds is 6. The lowest BCUT2D eigenvalue weighted by molar-refractivity contribution is -0.189. The maximum absolute atomic E-state index is 15.0. The van der Waals surface area contributed by atoms with E-state index in [9.17, 15) is 32.3 Å². The van der Waals surface area contributed by atoms with Gasteiger partial charge in [-0.1, -0.05) is 17.7 Å². The predicted octanol–water partition coefficient (Wildman–Crippen LogP) is 4.14. The Bertz CT molecular complexity index is 1320. The molecule has 35 heavy (non-hydrogen) atoms. The minimum absolute atomic E-state index is 0.156. The third-order valence-corrected chi connectivity index (χ3v) is 5.19. The molecule has 2 aromatic carbocycles. The molecule has 0 saturated heterocycles. The first-order chi connectivity index (χ1) is 16.2. The van der Waals surface area contributed by atoms with Crippen LogP contribution in [0, 0.1) is 11.6 Å². The monoisotopic (exact) mass is 520 g/mol. The van der Waals surface area contributed by atoms with E-state index in [0.29, 0.717) is 23.7 Å². The van der Waals surface area contributed by atoms with Crippen LogP contribution in [0.15, 0.2) is 35.1 Å². The maximum atomic E-state index is 15.0. The summed E-state index contributed by atoms with van der Waals surface area (Å²) in [5, 5.41) is 15.4. The molecular weight excluding hydrogens is 503 g/mol. The molecular formula is C21H18ClF5N4O4. The smallest absolute Gasteiger partial charge is 0.425 e. The molecule has 3 rings (SSSR count). The van der Waals surface area contributed by atoms with E-state index in [1.165, 1.54) is 26.1 Å². The number of nitrogens with one attached hydrogen (secondary N) is 1. The van der Waals surface area contributed by atoms with Crippen molar-refractivity contribution in [2.45, 2.75) is 32.2 Å². The number of nitrogens with zero attached hydrogens (tertiary/aromatic N) is 3. The van der Waals surface area contributed by atoms with Gasteiger partial charge in [0.25, 0.3) is 5.91 Å². The molecule has 0 aliphatic heterocycles. The van der Waals surface area contributed by atoms with Crippen LogP contribution in [-0.4, -0.2) is 37.6 Å². The molecule has 1 amide bonds. The molecule has 0 bridgehead atoms. The summed E-state index contributed by atoms with van der Waals surface area (Å²) in [6.07, 6.45) is -8.54. The van der Waals surface area contributed by atoms with Crippen molar-refractivity contribution in [2.75, 3.05) is 5.32 Å². The fourth-order valence-corrected chi connectivity index (χ4v) is 3.22. The number of para-hydroxylation sites is 1. The summed E-state index contributed by atoms with van der Waals surface area (Å²) in [6, 6.07) is 4.67. The first-order valence-corrected chi connectivity index (χ1v) is 10.3. The fraction of sp³-hybridized carbons (Fsp3) is 0.286. The number of anilines is 1. The zero-order valence-electron chi connectivity index (χ0n) is 18.3. The van der Waals surface area contributed by atoms with Crippen LogP contribution in [0.4, 0.5) is 27.6 Å². The lowest BCUT2D eigenvalue weighted by atomic mass is 10.1. The molecule has 0 aliphatic rings. The van der Waals surface area contributed by atoms with Gasteiger partial charge in [-0.2, -0.15) is 17.9 Å². The molecule has 0 fully saturated rings. The van der Waals surface area contributed by atoms with Crippen molar-refractivity contribution in [1.29, 1.82) is 0 Å². The third-order valence-electron chi connectivity index (χ3n) is 4.88. The van der Waals surface area contributed by atoms with Crippen molar-refractivity contribution in [3.8, 4) is 11.4 Å². The highest BCUT2D eigenvalue weighted by Crippen LogP contribution is 2.32. The van der Waals surface area contributed by atoms with E-state index in [1.807, 2.05) is 0 Å². The SMILES string of the molecule is CC(O)c1nn(-c2cc(OC(C)C(F)(F)F)c(C(=O)Nc3c(F)cccc3Cl)cc2F)c(=O)n1C. The molecule has 8 nitrogen and oxygen atoms in total. The average molecular weight is 521 g/mol. The van der Waals surface area contributed by atoms with Crippen LogP contribution < -0.4 is 15.7 Å². The Morgan fingerprint density at radius 1 is 1.20 bits per heavy atom. The van der Waals surface area contributed by atoms with E-state index in [0.717, 1.165) is 10.6 Å². The van der Waals surface area contributed by atoms with Gasteiger partial charge < -0.3 is 15.2 Å². The van der Waals surface area contributed by atoms with Crippen LogP contribution in [0.2, 0.25) is 5.02 Å². The van der Waals surface area contributed by atoms with Crippen molar-refractivity contribution in [2.24, 2.45) is 7.05 Å². The third kappa shape index (κ3) is 5.30.